The summed E-state index contributed by atoms with van der Waals surface area (Å²) in [6, 6.07) is 11.8. The summed E-state index contributed by atoms with van der Waals surface area (Å²) in [5.74, 6) is -1.27. The number of hydrogen-bond donors (Lipinski definition) is 1. The maximum Gasteiger partial charge on any atom is 0.328 e. The number of methoxy groups -OCH3 is 1. The number of rotatable bonds is 9. The number of benzene rings is 1. The number of amides is 1. The fourth-order valence-electron chi connectivity index (χ4n) is 3.19. The number of ether oxygens (including phenoxy) is 1. The quantitative estimate of drug-likeness (QED) is 0.653. The van der Waals surface area contributed by atoms with Crippen LogP contribution in [0.5, 0.6) is 0 Å². The van der Waals surface area contributed by atoms with Crippen molar-refractivity contribution in [3.05, 3.63) is 60.4 Å². The summed E-state index contributed by atoms with van der Waals surface area (Å²) < 4.78 is 5.11. The molecule has 2 aromatic rings. The van der Waals surface area contributed by atoms with E-state index in [1.54, 1.807) is 36.5 Å². The molecule has 3 rings (SSSR count). The van der Waals surface area contributed by atoms with Crippen LogP contribution in [0.15, 0.2) is 60.0 Å². The minimum atomic E-state index is -1.01. The largest absolute Gasteiger partial charge is 0.480 e. The summed E-state index contributed by atoms with van der Waals surface area (Å²) in [4.78, 5) is 30.7. The molecule has 0 saturated heterocycles. The van der Waals surface area contributed by atoms with Crippen molar-refractivity contribution in [3.8, 4) is 0 Å². The topological polar surface area (TPSA) is 95.3 Å². The Morgan fingerprint density at radius 3 is 2.59 bits per heavy atom. The molecule has 0 aliphatic carbocycles. The molecule has 0 fully saturated rings. The van der Waals surface area contributed by atoms with Gasteiger partial charge in [0, 0.05) is 45.6 Å². The van der Waals surface area contributed by atoms with Crippen LogP contribution in [0.2, 0.25) is 0 Å². The molecular formula is C21H24N4O4. The summed E-state index contributed by atoms with van der Waals surface area (Å²) in [7, 11) is 1.62. The number of hydrazone groups is 1. The highest BCUT2D eigenvalue weighted by Gasteiger charge is 2.37. The second kappa shape index (κ2) is 9.79. The van der Waals surface area contributed by atoms with E-state index >= 15 is 0 Å². The van der Waals surface area contributed by atoms with Gasteiger partial charge in [0.2, 0.25) is 0 Å². The van der Waals surface area contributed by atoms with Crippen LogP contribution in [0.1, 0.15) is 18.4 Å². The van der Waals surface area contributed by atoms with E-state index in [2.05, 4.69) is 10.1 Å². The average Bonchev–Trinajstić information content (AvgIpc) is 3.20. The molecule has 1 atom stereocenters. The number of carbonyl (C=O) groups is 2. The number of hydrogen-bond acceptors (Lipinski definition) is 6. The van der Waals surface area contributed by atoms with E-state index < -0.39 is 12.0 Å². The van der Waals surface area contributed by atoms with Crippen molar-refractivity contribution < 1.29 is 19.4 Å². The molecule has 0 bridgehead atoms. The first-order valence-electron chi connectivity index (χ1n) is 9.42. The molecule has 0 saturated carbocycles. The fraction of sp³-hybridized carbons (Fsp3) is 0.333. The smallest absolute Gasteiger partial charge is 0.328 e. The van der Waals surface area contributed by atoms with Gasteiger partial charge in [0.05, 0.1) is 5.69 Å². The number of aliphatic carboxylic acids is 1. The van der Waals surface area contributed by atoms with E-state index in [4.69, 9.17) is 4.74 Å². The van der Waals surface area contributed by atoms with Crippen LogP contribution >= 0.6 is 0 Å². The summed E-state index contributed by atoms with van der Waals surface area (Å²) in [5.41, 5.74) is 1.83. The second-order valence-corrected chi connectivity index (χ2v) is 6.71. The summed E-state index contributed by atoms with van der Waals surface area (Å²) in [6.07, 6.45) is 4.08. The molecule has 0 radical (unpaired) electrons. The molecule has 29 heavy (non-hydrogen) atoms. The predicted molar refractivity (Wildman–Crippen MR) is 109 cm³/mol. The van der Waals surface area contributed by atoms with Crippen molar-refractivity contribution in [2.45, 2.75) is 25.4 Å². The van der Waals surface area contributed by atoms with Crippen molar-refractivity contribution in [1.82, 2.24) is 9.88 Å². The van der Waals surface area contributed by atoms with Gasteiger partial charge in [-0.1, -0.05) is 18.2 Å². The first-order valence-corrected chi connectivity index (χ1v) is 9.42. The molecule has 1 amide bonds. The SMILES string of the molecule is COCCCN(Cc1ccncc1)C(=O)C1=NN(c2ccccc2)C(C(=O)O)C1. The van der Waals surface area contributed by atoms with Gasteiger partial charge in [-0.25, -0.2) is 4.79 Å². The zero-order chi connectivity index (χ0) is 20.6. The number of aromatic nitrogens is 1. The Bertz CT molecular complexity index is 857. The third-order valence-electron chi connectivity index (χ3n) is 4.65. The standard InChI is InChI=1S/C21H24N4O4/c1-29-13-5-12-24(15-16-8-10-22-11-9-16)20(26)18-14-19(21(27)28)25(23-18)17-6-3-2-4-7-17/h2-4,6-11,19H,5,12-15H2,1H3,(H,27,28). The Hall–Kier alpha value is -3.26. The number of pyridine rings is 1. The van der Waals surface area contributed by atoms with Gasteiger partial charge in [0.15, 0.2) is 6.04 Å². The lowest BCUT2D eigenvalue weighted by atomic mass is 10.1. The van der Waals surface area contributed by atoms with E-state index in [1.165, 1.54) is 5.01 Å². The number of anilines is 1. The Morgan fingerprint density at radius 2 is 1.93 bits per heavy atom. The Morgan fingerprint density at radius 1 is 1.21 bits per heavy atom. The van der Waals surface area contributed by atoms with Gasteiger partial charge >= 0.3 is 5.97 Å². The highest BCUT2D eigenvalue weighted by Crippen LogP contribution is 2.25. The minimum absolute atomic E-state index is 0.0557. The molecule has 1 unspecified atom stereocenters. The van der Waals surface area contributed by atoms with Gasteiger partial charge in [0.1, 0.15) is 5.71 Å². The lowest BCUT2D eigenvalue weighted by Gasteiger charge is -2.22. The molecule has 152 valence electrons. The first kappa shape index (κ1) is 20.5. The Balaban J connectivity index is 1.82. The molecule has 1 aromatic carbocycles. The van der Waals surface area contributed by atoms with E-state index in [-0.39, 0.29) is 18.0 Å². The van der Waals surface area contributed by atoms with Crippen molar-refractivity contribution in [2.75, 3.05) is 25.3 Å². The molecule has 1 aliphatic rings. The van der Waals surface area contributed by atoms with E-state index in [0.717, 1.165) is 5.56 Å². The molecule has 8 nitrogen and oxygen atoms in total. The van der Waals surface area contributed by atoms with Crippen molar-refractivity contribution in [3.63, 3.8) is 0 Å². The van der Waals surface area contributed by atoms with E-state index in [0.29, 0.717) is 31.8 Å². The lowest BCUT2D eigenvalue weighted by molar-refractivity contribution is -0.138. The molecule has 1 N–H and O–H groups in total. The van der Waals surface area contributed by atoms with Crippen molar-refractivity contribution in [2.24, 2.45) is 5.10 Å². The zero-order valence-corrected chi connectivity index (χ0v) is 16.3. The number of para-hydroxylation sites is 1. The average molecular weight is 396 g/mol. The van der Waals surface area contributed by atoms with Crippen LogP contribution in [0.25, 0.3) is 0 Å². The normalized spacial score (nSPS) is 15.8. The van der Waals surface area contributed by atoms with E-state index in [1.807, 2.05) is 30.3 Å². The lowest BCUT2D eigenvalue weighted by Crippen LogP contribution is -2.38. The minimum Gasteiger partial charge on any atom is -0.480 e. The number of carboxylic acid groups (broad SMARTS) is 1. The Labute approximate surface area is 169 Å². The van der Waals surface area contributed by atoms with Crippen LogP contribution < -0.4 is 5.01 Å². The zero-order valence-electron chi connectivity index (χ0n) is 16.3. The van der Waals surface area contributed by atoms with E-state index in [9.17, 15) is 14.7 Å². The summed E-state index contributed by atoms with van der Waals surface area (Å²) >= 11 is 0. The highest BCUT2D eigenvalue weighted by atomic mass is 16.5. The fourth-order valence-corrected chi connectivity index (χ4v) is 3.19. The summed E-state index contributed by atoms with van der Waals surface area (Å²) in [6.45, 7) is 1.41. The molecule has 1 aliphatic heterocycles. The van der Waals surface area contributed by atoms with Gasteiger partial charge in [-0.2, -0.15) is 5.10 Å². The maximum atomic E-state index is 13.2. The molecular weight excluding hydrogens is 372 g/mol. The first-order chi connectivity index (χ1) is 14.1. The van der Waals surface area contributed by atoms with Crippen molar-refractivity contribution >= 4 is 23.3 Å². The molecule has 2 heterocycles. The number of nitrogens with zero attached hydrogens (tertiary/aromatic N) is 4. The molecule has 1 aromatic heterocycles. The number of carbonyl (C=O) groups excluding carboxylic acids is 1. The summed E-state index contributed by atoms with van der Waals surface area (Å²) in [5, 5.41) is 15.4. The highest BCUT2D eigenvalue weighted by molar-refractivity contribution is 6.40. The van der Waals surface area contributed by atoms with Gasteiger partial charge in [-0.05, 0) is 36.2 Å². The van der Waals surface area contributed by atoms with Gasteiger partial charge < -0.3 is 14.7 Å². The number of carboxylic acids is 1. The van der Waals surface area contributed by atoms with Crippen molar-refractivity contribution in [1.29, 1.82) is 0 Å². The van der Waals surface area contributed by atoms with Crippen LogP contribution in [0, 0.1) is 0 Å². The van der Waals surface area contributed by atoms with Gasteiger partial charge in [-0.15, -0.1) is 0 Å². The molecule has 0 spiro atoms. The van der Waals surface area contributed by atoms with Crippen LogP contribution in [0.4, 0.5) is 5.69 Å². The molecule has 8 heteroatoms. The Kier molecular flexibility index (Phi) is 6.91. The van der Waals surface area contributed by atoms with Gasteiger partial charge in [-0.3, -0.25) is 14.8 Å². The maximum absolute atomic E-state index is 13.2. The third-order valence-corrected chi connectivity index (χ3v) is 4.65. The third kappa shape index (κ3) is 5.17. The van der Waals surface area contributed by atoms with Crippen LogP contribution in [0.3, 0.4) is 0 Å². The second-order valence-electron chi connectivity index (χ2n) is 6.71. The van der Waals surface area contributed by atoms with Crippen LogP contribution in [-0.2, 0) is 20.9 Å². The van der Waals surface area contributed by atoms with Crippen LogP contribution in [-0.4, -0.2) is 58.9 Å². The predicted octanol–water partition coefficient (Wildman–Crippen LogP) is 2.17. The van der Waals surface area contributed by atoms with Gasteiger partial charge in [0.25, 0.3) is 5.91 Å². The monoisotopic (exact) mass is 396 g/mol.